The summed E-state index contributed by atoms with van der Waals surface area (Å²) in [7, 11) is 0. The van der Waals surface area contributed by atoms with E-state index in [-0.39, 0.29) is 24.6 Å². The molecular formula is C18H21N7O3. The Labute approximate surface area is 160 Å². The molecule has 0 aliphatic carbocycles. The van der Waals surface area contributed by atoms with Crippen LogP contribution in [-0.2, 0) is 11.3 Å². The van der Waals surface area contributed by atoms with Crippen LogP contribution in [-0.4, -0.2) is 41.8 Å². The lowest BCUT2D eigenvalue weighted by molar-refractivity contribution is -0.124. The van der Waals surface area contributed by atoms with Crippen LogP contribution in [0.4, 0.5) is 0 Å². The van der Waals surface area contributed by atoms with Gasteiger partial charge in [-0.05, 0) is 39.0 Å². The topological polar surface area (TPSA) is 117 Å². The maximum Gasteiger partial charge on any atom is 0.267 e. The largest absolute Gasteiger partial charge is 0.352 e. The Morgan fingerprint density at radius 1 is 1.14 bits per heavy atom. The standard InChI is InChI=1S/C18H21N7O3/c1-12-11-13(2)24(21-12)15-6-7-17(27)25(22-15)14(3)18(28)19-9-10-23-16(26)5-4-8-20-23/h4-8,11,14H,9-10H2,1-3H3,(H,19,28). The quantitative estimate of drug-likeness (QED) is 0.639. The Morgan fingerprint density at radius 2 is 1.93 bits per heavy atom. The first-order chi connectivity index (χ1) is 13.4. The number of carbonyl (C=O) groups excluding carboxylic acids is 1. The number of hydrogen-bond acceptors (Lipinski definition) is 6. The van der Waals surface area contributed by atoms with E-state index in [1.54, 1.807) is 23.7 Å². The Balaban J connectivity index is 1.73. The van der Waals surface area contributed by atoms with Gasteiger partial charge in [0.05, 0.1) is 12.2 Å². The second-order valence-corrected chi connectivity index (χ2v) is 6.37. The van der Waals surface area contributed by atoms with Crippen molar-refractivity contribution in [2.24, 2.45) is 0 Å². The number of nitrogens with one attached hydrogen (secondary N) is 1. The predicted molar refractivity (Wildman–Crippen MR) is 101 cm³/mol. The van der Waals surface area contributed by atoms with Gasteiger partial charge in [0.25, 0.3) is 11.1 Å². The second kappa shape index (κ2) is 7.99. The zero-order valence-corrected chi connectivity index (χ0v) is 15.9. The van der Waals surface area contributed by atoms with E-state index < -0.39 is 11.6 Å². The normalized spacial score (nSPS) is 12.0. The van der Waals surface area contributed by atoms with Gasteiger partial charge < -0.3 is 5.32 Å². The first-order valence-electron chi connectivity index (χ1n) is 8.80. The summed E-state index contributed by atoms with van der Waals surface area (Å²) < 4.78 is 3.98. The Kier molecular flexibility index (Phi) is 5.48. The van der Waals surface area contributed by atoms with Crippen LogP contribution in [0.5, 0.6) is 0 Å². The molecule has 3 heterocycles. The smallest absolute Gasteiger partial charge is 0.267 e. The minimum Gasteiger partial charge on any atom is -0.352 e. The fourth-order valence-electron chi connectivity index (χ4n) is 2.77. The molecule has 0 fully saturated rings. The Bertz CT molecular complexity index is 1110. The molecule has 3 aromatic heterocycles. The molecule has 0 aliphatic rings. The lowest BCUT2D eigenvalue weighted by Crippen LogP contribution is -2.39. The third kappa shape index (κ3) is 4.05. The van der Waals surface area contributed by atoms with Crippen molar-refractivity contribution in [2.75, 3.05) is 6.54 Å². The number of carbonyl (C=O) groups is 1. The molecule has 0 radical (unpaired) electrons. The van der Waals surface area contributed by atoms with Crippen LogP contribution in [0.2, 0.25) is 0 Å². The molecule has 0 bridgehead atoms. The van der Waals surface area contributed by atoms with Gasteiger partial charge in [-0.25, -0.2) is 14.0 Å². The summed E-state index contributed by atoms with van der Waals surface area (Å²) in [6.07, 6.45) is 1.50. The molecule has 1 atom stereocenters. The highest BCUT2D eigenvalue weighted by Gasteiger charge is 2.18. The number of rotatable bonds is 6. The van der Waals surface area contributed by atoms with Crippen molar-refractivity contribution in [2.45, 2.75) is 33.4 Å². The molecule has 0 spiro atoms. The van der Waals surface area contributed by atoms with Crippen molar-refractivity contribution in [1.29, 1.82) is 0 Å². The van der Waals surface area contributed by atoms with Gasteiger partial charge in [-0.2, -0.15) is 10.2 Å². The number of hydrogen-bond donors (Lipinski definition) is 1. The molecule has 28 heavy (non-hydrogen) atoms. The van der Waals surface area contributed by atoms with Gasteiger partial charge in [-0.1, -0.05) is 0 Å². The molecule has 3 rings (SSSR count). The highest BCUT2D eigenvalue weighted by atomic mass is 16.2. The van der Waals surface area contributed by atoms with E-state index >= 15 is 0 Å². The van der Waals surface area contributed by atoms with Crippen LogP contribution in [0.25, 0.3) is 5.82 Å². The van der Waals surface area contributed by atoms with Gasteiger partial charge in [-0.15, -0.1) is 5.10 Å². The van der Waals surface area contributed by atoms with Crippen molar-refractivity contribution in [3.8, 4) is 5.82 Å². The lowest BCUT2D eigenvalue weighted by Gasteiger charge is -2.15. The third-order valence-corrected chi connectivity index (χ3v) is 4.19. The van der Waals surface area contributed by atoms with E-state index in [4.69, 9.17) is 0 Å². The summed E-state index contributed by atoms with van der Waals surface area (Å²) in [5, 5.41) is 15.3. The highest BCUT2D eigenvalue weighted by molar-refractivity contribution is 5.79. The molecule has 0 aromatic carbocycles. The minimum atomic E-state index is -0.829. The van der Waals surface area contributed by atoms with E-state index in [1.807, 2.05) is 19.9 Å². The van der Waals surface area contributed by atoms with Gasteiger partial charge in [0.2, 0.25) is 5.91 Å². The van der Waals surface area contributed by atoms with Gasteiger partial charge in [0.15, 0.2) is 5.82 Å². The van der Waals surface area contributed by atoms with Crippen molar-refractivity contribution in [1.82, 2.24) is 34.7 Å². The van der Waals surface area contributed by atoms with E-state index in [0.29, 0.717) is 5.82 Å². The molecule has 0 saturated heterocycles. The van der Waals surface area contributed by atoms with Crippen molar-refractivity contribution in [3.05, 3.63) is 68.6 Å². The highest BCUT2D eigenvalue weighted by Crippen LogP contribution is 2.09. The second-order valence-electron chi connectivity index (χ2n) is 6.37. The molecule has 10 heteroatoms. The van der Waals surface area contributed by atoms with Gasteiger partial charge >= 0.3 is 0 Å². The molecule has 1 unspecified atom stereocenters. The van der Waals surface area contributed by atoms with E-state index in [1.165, 1.54) is 23.0 Å². The molecule has 10 nitrogen and oxygen atoms in total. The van der Waals surface area contributed by atoms with E-state index in [2.05, 4.69) is 20.6 Å². The van der Waals surface area contributed by atoms with E-state index in [0.717, 1.165) is 16.1 Å². The molecule has 1 N–H and O–H groups in total. The fraction of sp³-hybridized carbons (Fsp3) is 0.333. The lowest BCUT2D eigenvalue weighted by atomic mass is 10.3. The minimum absolute atomic E-state index is 0.200. The molecule has 1 amide bonds. The van der Waals surface area contributed by atoms with Crippen LogP contribution in [0.15, 0.2) is 46.1 Å². The summed E-state index contributed by atoms with van der Waals surface area (Å²) in [6.45, 7) is 5.76. The number of amides is 1. The summed E-state index contributed by atoms with van der Waals surface area (Å²) >= 11 is 0. The van der Waals surface area contributed by atoms with Crippen molar-refractivity contribution < 1.29 is 4.79 Å². The predicted octanol–water partition coefficient (Wildman–Crippen LogP) is -0.0201. The third-order valence-electron chi connectivity index (χ3n) is 4.19. The van der Waals surface area contributed by atoms with E-state index in [9.17, 15) is 14.4 Å². The molecule has 0 saturated carbocycles. The zero-order valence-electron chi connectivity index (χ0n) is 15.9. The number of nitrogens with zero attached hydrogens (tertiary/aromatic N) is 6. The van der Waals surface area contributed by atoms with Crippen LogP contribution in [0, 0.1) is 13.8 Å². The van der Waals surface area contributed by atoms with Gasteiger partial charge in [-0.3, -0.25) is 14.4 Å². The van der Waals surface area contributed by atoms with Gasteiger partial charge in [0.1, 0.15) is 6.04 Å². The first-order valence-corrected chi connectivity index (χ1v) is 8.80. The average Bonchev–Trinajstić information content (AvgIpc) is 3.01. The zero-order chi connectivity index (χ0) is 20.3. The van der Waals surface area contributed by atoms with Crippen molar-refractivity contribution in [3.63, 3.8) is 0 Å². The molecule has 3 aromatic rings. The van der Waals surface area contributed by atoms with Crippen molar-refractivity contribution >= 4 is 5.91 Å². The SMILES string of the molecule is Cc1cc(C)n(-c2ccc(=O)n(C(C)C(=O)NCCn3ncccc3=O)n2)n1. The summed E-state index contributed by atoms with van der Waals surface area (Å²) in [6, 6.07) is 6.93. The average molecular weight is 383 g/mol. The van der Waals surface area contributed by atoms with Crippen LogP contribution < -0.4 is 16.4 Å². The Morgan fingerprint density at radius 3 is 2.61 bits per heavy atom. The Hall–Kier alpha value is -3.56. The summed E-state index contributed by atoms with van der Waals surface area (Å²) in [5.41, 5.74) is 1.05. The maximum absolute atomic E-state index is 12.4. The maximum atomic E-state index is 12.4. The fourth-order valence-corrected chi connectivity index (χ4v) is 2.77. The van der Waals surface area contributed by atoms with Crippen LogP contribution >= 0.6 is 0 Å². The molecule has 146 valence electrons. The molecule has 0 aliphatic heterocycles. The summed E-state index contributed by atoms with van der Waals surface area (Å²) in [5.74, 6) is 0.0639. The summed E-state index contributed by atoms with van der Waals surface area (Å²) in [4.78, 5) is 36.3. The first kappa shape index (κ1) is 19.2. The molecular weight excluding hydrogens is 362 g/mol. The number of aromatic nitrogens is 6. The van der Waals surface area contributed by atoms with Crippen LogP contribution in [0.3, 0.4) is 0 Å². The monoisotopic (exact) mass is 383 g/mol. The van der Waals surface area contributed by atoms with Crippen LogP contribution in [0.1, 0.15) is 24.4 Å². The number of aryl methyl sites for hydroxylation is 2. The van der Waals surface area contributed by atoms with Gasteiger partial charge in [0, 0.05) is 30.6 Å².